The van der Waals surface area contributed by atoms with Crippen LogP contribution in [0.1, 0.15) is 40.5 Å². The first kappa shape index (κ1) is 14.9. The summed E-state index contributed by atoms with van der Waals surface area (Å²) in [4.78, 5) is 0. The van der Waals surface area contributed by atoms with Crippen molar-refractivity contribution in [2.75, 3.05) is 26.3 Å². The Hall–Kier alpha value is -0.120. The molecule has 0 aliphatic heterocycles. The Labute approximate surface area is 94.5 Å². The lowest BCUT2D eigenvalue weighted by Crippen LogP contribution is -2.33. The van der Waals surface area contributed by atoms with Crippen molar-refractivity contribution >= 4 is 0 Å². The predicted molar refractivity (Wildman–Crippen MR) is 64.0 cm³/mol. The smallest absolute Gasteiger partial charge is 0.169 e. The molecule has 0 aliphatic carbocycles. The van der Waals surface area contributed by atoms with E-state index in [2.05, 4.69) is 19.2 Å². The molecule has 1 unspecified atom stereocenters. The van der Waals surface area contributed by atoms with E-state index in [1.54, 1.807) is 0 Å². The van der Waals surface area contributed by atoms with Gasteiger partial charge in [-0.2, -0.15) is 0 Å². The fourth-order valence-electron chi connectivity index (χ4n) is 1.58. The molecule has 15 heavy (non-hydrogen) atoms. The second-order valence-corrected chi connectivity index (χ2v) is 3.89. The van der Waals surface area contributed by atoms with Gasteiger partial charge >= 0.3 is 0 Å². The summed E-state index contributed by atoms with van der Waals surface area (Å²) < 4.78 is 10.9. The fraction of sp³-hybridized carbons (Fsp3) is 1.00. The molecular formula is C12H27NO2. The average molecular weight is 217 g/mol. The Balaban J connectivity index is 3.51. The highest BCUT2D eigenvalue weighted by Crippen LogP contribution is 2.03. The number of ether oxygens (including phenoxy) is 2. The third kappa shape index (κ3) is 8.85. The van der Waals surface area contributed by atoms with Gasteiger partial charge in [0.2, 0.25) is 0 Å². The van der Waals surface area contributed by atoms with Crippen LogP contribution in [0.2, 0.25) is 0 Å². The van der Waals surface area contributed by atoms with Gasteiger partial charge in [0.15, 0.2) is 6.29 Å². The van der Waals surface area contributed by atoms with Crippen LogP contribution >= 0.6 is 0 Å². The van der Waals surface area contributed by atoms with Gasteiger partial charge in [-0.05, 0) is 32.7 Å². The standard InChI is InChI=1S/C12H27NO2/c1-5-8-11(4)9-13-10-12(14-6-2)15-7-3/h11-13H,5-10H2,1-4H3. The molecule has 0 rings (SSSR count). The van der Waals surface area contributed by atoms with Crippen molar-refractivity contribution in [3.8, 4) is 0 Å². The third-order valence-corrected chi connectivity index (χ3v) is 2.29. The maximum Gasteiger partial charge on any atom is 0.169 e. The molecule has 0 fully saturated rings. The highest BCUT2D eigenvalue weighted by Gasteiger charge is 2.07. The molecule has 1 N–H and O–H groups in total. The maximum absolute atomic E-state index is 5.44. The summed E-state index contributed by atoms with van der Waals surface area (Å²) in [5.41, 5.74) is 0. The molecule has 1 atom stereocenters. The van der Waals surface area contributed by atoms with E-state index in [0.717, 1.165) is 19.0 Å². The molecule has 3 heteroatoms. The highest BCUT2D eigenvalue weighted by atomic mass is 16.7. The van der Waals surface area contributed by atoms with Crippen molar-refractivity contribution in [2.45, 2.75) is 46.8 Å². The average Bonchev–Trinajstić information content (AvgIpc) is 2.19. The summed E-state index contributed by atoms with van der Waals surface area (Å²) in [6.45, 7) is 11.7. The van der Waals surface area contributed by atoms with Gasteiger partial charge in [-0.15, -0.1) is 0 Å². The lowest BCUT2D eigenvalue weighted by molar-refractivity contribution is -0.133. The number of rotatable bonds is 10. The molecule has 0 radical (unpaired) electrons. The van der Waals surface area contributed by atoms with Crippen LogP contribution in [-0.2, 0) is 9.47 Å². The van der Waals surface area contributed by atoms with Crippen LogP contribution in [0.4, 0.5) is 0 Å². The number of nitrogens with one attached hydrogen (secondary N) is 1. The van der Waals surface area contributed by atoms with Gasteiger partial charge in [0.25, 0.3) is 0 Å². The second-order valence-electron chi connectivity index (χ2n) is 3.89. The third-order valence-electron chi connectivity index (χ3n) is 2.29. The first-order valence-corrected chi connectivity index (χ1v) is 6.18. The summed E-state index contributed by atoms with van der Waals surface area (Å²) in [6, 6.07) is 0. The SMILES string of the molecule is CCCC(C)CNCC(OCC)OCC. The minimum Gasteiger partial charge on any atom is -0.352 e. The van der Waals surface area contributed by atoms with Crippen LogP contribution in [0.25, 0.3) is 0 Å². The van der Waals surface area contributed by atoms with Crippen LogP contribution in [0.5, 0.6) is 0 Å². The molecule has 0 spiro atoms. The van der Waals surface area contributed by atoms with E-state index in [1.807, 2.05) is 13.8 Å². The van der Waals surface area contributed by atoms with Gasteiger partial charge in [0.05, 0.1) is 0 Å². The molecule has 0 aromatic rings. The molecule has 0 saturated heterocycles. The first-order valence-electron chi connectivity index (χ1n) is 6.18. The first-order chi connectivity index (χ1) is 7.24. The molecule has 0 aliphatic rings. The van der Waals surface area contributed by atoms with Crippen LogP contribution in [0, 0.1) is 5.92 Å². The highest BCUT2D eigenvalue weighted by molar-refractivity contribution is 4.58. The van der Waals surface area contributed by atoms with Crippen molar-refractivity contribution in [3.05, 3.63) is 0 Å². The zero-order valence-corrected chi connectivity index (χ0v) is 10.7. The lowest BCUT2D eigenvalue weighted by Gasteiger charge is -2.19. The van der Waals surface area contributed by atoms with Gasteiger partial charge in [-0.3, -0.25) is 0 Å². The zero-order chi connectivity index (χ0) is 11.5. The molecule has 0 amide bonds. The summed E-state index contributed by atoms with van der Waals surface area (Å²) in [6.07, 6.45) is 2.44. The van der Waals surface area contributed by atoms with Gasteiger partial charge in [-0.1, -0.05) is 20.3 Å². The Morgan fingerprint density at radius 2 is 1.60 bits per heavy atom. The quantitative estimate of drug-likeness (QED) is 0.570. The fourth-order valence-corrected chi connectivity index (χ4v) is 1.58. The van der Waals surface area contributed by atoms with Crippen molar-refractivity contribution in [3.63, 3.8) is 0 Å². The Morgan fingerprint density at radius 1 is 1.00 bits per heavy atom. The molecule has 0 saturated carbocycles. The minimum atomic E-state index is -0.0890. The van der Waals surface area contributed by atoms with E-state index in [1.165, 1.54) is 12.8 Å². The maximum atomic E-state index is 5.44. The van der Waals surface area contributed by atoms with E-state index >= 15 is 0 Å². The van der Waals surface area contributed by atoms with Crippen molar-refractivity contribution in [2.24, 2.45) is 5.92 Å². The molecule has 3 nitrogen and oxygen atoms in total. The van der Waals surface area contributed by atoms with Crippen molar-refractivity contribution in [1.82, 2.24) is 5.32 Å². The van der Waals surface area contributed by atoms with Crippen LogP contribution < -0.4 is 5.32 Å². The van der Waals surface area contributed by atoms with Gasteiger partial charge in [0, 0.05) is 19.8 Å². The van der Waals surface area contributed by atoms with E-state index in [9.17, 15) is 0 Å². The molecule has 0 bridgehead atoms. The molecule has 0 aromatic heterocycles. The number of hydrogen-bond acceptors (Lipinski definition) is 3. The molecular weight excluding hydrogens is 190 g/mol. The second kappa shape index (κ2) is 10.4. The van der Waals surface area contributed by atoms with Gasteiger partial charge in [0.1, 0.15) is 0 Å². The monoisotopic (exact) mass is 217 g/mol. The van der Waals surface area contributed by atoms with Crippen LogP contribution in [-0.4, -0.2) is 32.6 Å². The summed E-state index contributed by atoms with van der Waals surface area (Å²) >= 11 is 0. The van der Waals surface area contributed by atoms with E-state index in [4.69, 9.17) is 9.47 Å². The van der Waals surface area contributed by atoms with Gasteiger partial charge < -0.3 is 14.8 Å². The molecule has 0 aromatic carbocycles. The Bertz CT molecular complexity index is 125. The predicted octanol–water partition coefficient (Wildman–Crippen LogP) is 2.41. The largest absolute Gasteiger partial charge is 0.352 e. The number of hydrogen-bond donors (Lipinski definition) is 1. The normalized spacial score (nSPS) is 13.4. The zero-order valence-electron chi connectivity index (χ0n) is 10.7. The summed E-state index contributed by atoms with van der Waals surface area (Å²) in [7, 11) is 0. The summed E-state index contributed by atoms with van der Waals surface area (Å²) in [5, 5.41) is 3.39. The minimum absolute atomic E-state index is 0.0890. The lowest BCUT2D eigenvalue weighted by atomic mass is 10.1. The van der Waals surface area contributed by atoms with E-state index < -0.39 is 0 Å². The van der Waals surface area contributed by atoms with E-state index in [-0.39, 0.29) is 6.29 Å². The van der Waals surface area contributed by atoms with E-state index in [0.29, 0.717) is 13.2 Å². The van der Waals surface area contributed by atoms with Crippen molar-refractivity contribution in [1.29, 1.82) is 0 Å². The molecule has 0 heterocycles. The Kier molecular flexibility index (Phi) is 10.3. The molecule has 92 valence electrons. The van der Waals surface area contributed by atoms with Crippen LogP contribution in [0.15, 0.2) is 0 Å². The van der Waals surface area contributed by atoms with Gasteiger partial charge in [-0.25, -0.2) is 0 Å². The topological polar surface area (TPSA) is 30.5 Å². The van der Waals surface area contributed by atoms with Crippen molar-refractivity contribution < 1.29 is 9.47 Å². The van der Waals surface area contributed by atoms with Crippen LogP contribution in [0.3, 0.4) is 0 Å². The summed E-state index contributed by atoms with van der Waals surface area (Å²) in [5.74, 6) is 0.735. The Morgan fingerprint density at radius 3 is 2.07 bits per heavy atom.